The molecule has 0 aromatic heterocycles. The Hall–Kier alpha value is -0.860. The van der Waals surface area contributed by atoms with E-state index in [-0.39, 0.29) is 0 Å². The van der Waals surface area contributed by atoms with Gasteiger partial charge in [0.2, 0.25) is 0 Å². The average molecular weight is 180 g/mol. The number of aliphatic hydroxyl groups is 2. The van der Waals surface area contributed by atoms with Crippen LogP contribution in [0, 0.1) is 0 Å². The van der Waals surface area contributed by atoms with Crippen molar-refractivity contribution in [2.24, 2.45) is 0 Å². The fourth-order valence-electron chi connectivity index (χ4n) is 1.24. The minimum absolute atomic E-state index is 0.407. The molecule has 0 spiro atoms. The summed E-state index contributed by atoms with van der Waals surface area (Å²) in [4.78, 5) is 0. The van der Waals surface area contributed by atoms with E-state index < -0.39 is 12.2 Å². The molecule has 0 aliphatic rings. The summed E-state index contributed by atoms with van der Waals surface area (Å²) in [6.45, 7) is 1.91. The van der Waals surface area contributed by atoms with E-state index in [1.54, 1.807) is 0 Å². The van der Waals surface area contributed by atoms with Crippen molar-refractivity contribution in [3.63, 3.8) is 0 Å². The summed E-state index contributed by atoms with van der Waals surface area (Å²) in [5.41, 5.74) is 0.870. The molecule has 0 saturated carbocycles. The van der Waals surface area contributed by atoms with Gasteiger partial charge < -0.3 is 10.2 Å². The molecule has 2 atom stereocenters. The van der Waals surface area contributed by atoms with Gasteiger partial charge in [-0.05, 0) is 12.0 Å². The van der Waals surface area contributed by atoms with Crippen molar-refractivity contribution in [1.29, 1.82) is 0 Å². The van der Waals surface area contributed by atoms with Gasteiger partial charge in [-0.3, -0.25) is 0 Å². The standard InChI is InChI=1S/C11H16O2/c1-2-10(12)8-11(13)9-6-4-3-5-7-9/h3-7,10-13H,2,8H2,1H3/t10-,11+/m1/s1. The lowest BCUT2D eigenvalue weighted by molar-refractivity contribution is 0.0784. The van der Waals surface area contributed by atoms with Crippen LogP contribution in [0.25, 0.3) is 0 Å². The van der Waals surface area contributed by atoms with Crippen molar-refractivity contribution in [2.75, 3.05) is 0 Å². The van der Waals surface area contributed by atoms with Crippen LogP contribution in [-0.4, -0.2) is 16.3 Å². The van der Waals surface area contributed by atoms with Crippen molar-refractivity contribution in [2.45, 2.75) is 32.0 Å². The first kappa shape index (κ1) is 10.2. The van der Waals surface area contributed by atoms with E-state index in [0.717, 1.165) is 5.56 Å². The first-order chi connectivity index (χ1) is 6.24. The molecule has 1 aromatic carbocycles. The van der Waals surface area contributed by atoms with Crippen molar-refractivity contribution < 1.29 is 10.2 Å². The second kappa shape index (κ2) is 5.00. The highest BCUT2D eigenvalue weighted by molar-refractivity contribution is 5.17. The minimum Gasteiger partial charge on any atom is -0.393 e. The molecule has 0 aliphatic heterocycles. The lowest BCUT2D eigenvalue weighted by Crippen LogP contribution is -2.10. The highest BCUT2D eigenvalue weighted by atomic mass is 16.3. The topological polar surface area (TPSA) is 40.5 Å². The van der Waals surface area contributed by atoms with Gasteiger partial charge in [-0.25, -0.2) is 0 Å². The molecule has 13 heavy (non-hydrogen) atoms. The minimum atomic E-state index is -0.545. The van der Waals surface area contributed by atoms with E-state index in [1.165, 1.54) is 0 Å². The van der Waals surface area contributed by atoms with Crippen molar-refractivity contribution >= 4 is 0 Å². The van der Waals surface area contributed by atoms with Crippen LogP contribution >= 0.6 is 0 Å². The third-order valence-corrected chi connectivity index (χ3v) is 2.15. The molecule has 0 aliphatic carbocycles. The molecule has 0 heterocycles. The van der Waals surface area contributed by atoms with Crippen molar-refractivity contribution in [3.05, 3.63) is 35.9 Å². The Morgan fingerprint density at radius 1 is 1.15 bits per heavy atom. The predicted octanol–water partition coefficient (Wildman–Crippen LogP) is 1.88. The second-order valence-corrected chi connectivity index (χ2v) is 3.22. The Balaban J connectivity index is 2.53. The fourth-order valence-corrected chi connectivity index (χ4v) is 1.24. The number of hydrogen-bond donors (Lipinski definition) is 2. The molecule has 0 bridgehead atoms. The van der Waals surface area contributed by atoms with Crippen LogP contribution in [0.4, 0.5) is 0 Å². The molecule has 2 N–H and O–H groups in total. The van der Waals surface area contributed by atoms with E-state index in [0.29, 0.717) is 12.8 Å². The lowest BCUT2D eigenvalue weighted by atomic mass is 10.0. The maximum absolute atomic E-state index is 9.66. The van der Waals surface area contributed by atoms with Crippen LogP contribution in [-0.2, 0) is 0 Å². The molecule has 0 saturated heterocycles. The van der Waals surface area contributed by atoms with Gasteiger partial charge in [0.1, 0.15) is 0 Å². The van der Waals surface area contributed by atoms with E-state index in [4.69, 9.17) is 0 Å². The number of aliphatic hydroxyl groups excluding tert-OH is 2. The van der Waals surface area contributed by atoms with Crippen LogP contribution in [0.15, 0.2) is 30.3 Å². The molecule has 1 rings (SSSR count). The number of benzene rings is 1. The molecular weight excluding hydrogens is 164 g/mol. The quantitative estimate of drug-likeness (QED) is 0.742. The Bertz CT molecular complexity index is 233. The maximum Gasteiger partial charge on any atom is 0.0814 e. The molecule has 72 valence electrons. The van der Waals surface area contributed by atoms with Crippen molar-refractivity contribution in [1.82, 2.24) is 0 Å². The summed E-state index contributed by atoms with van der Waals surface area (Å²) in [6.07, 6.45) is 0.149. The zero-order valence-corrected chi connectivity index (χ0v) is 7.85. The zero-order chi connectivity index (χ0) is 9.68. The van der Waals surface area contributed by atoms with Crippen LogP contribution < -0.4 is 0 Å². The third kappa shape index (κ3) is 3.17. The van der Waals surface area contributed by atoms with Crippen LogP contribution in [0.2, 0.25) is 0 Å². The van der Waals surface area contributed by atoms with Gasteiger partial charge in [0, 0.05) is 6.42 Å². The van der Waals surface area contributed by atoms with E-state index >= 15 is 0 Å². The molecular formula is C11H16O2. The number of rotatable bonds is 4. The van der Waals surface area contributed by atoms with Gasteiger partial charge in [0.05, 0.1) is 12.2 Å². The van der Waals surface area contributed by atoms with Gasteiger partial charge >= 0.3 is 0 Å². The van der Waals surface area contributed by atoms with Gasteiger partial charge in [-0.1, -0.05) is 37.3 Å². The van der Waals surface area contributed by atoms with Gasteiger partial charge in [0.15, 0.2) is 0 Å². The van der Waals surface area contributed by atoms with Crippen LogP contribution in [0.5, 0.6) is 0 Å². The highest BCUT2D eigenvalue weighted by Crippen LogP contribution is 2.18. The van der Waals surface area contributed by atoms with E-state index in [1.807, 2.05) is 37.3 Å². The third-order valence-electron chi connectivity index (χ3n) is 2.15. The van der Waals surface area contributed by atoms with Gasteiger partial charge in [-0.2, -0.15) is 0 Å². The Morgan fingerprint density at radius 2 is 1.77 bits per heavy atom. The SMILES string of the molecule is CC[C@@H](O)C[C@H](O)c1ccccc1. The molecule has 2 nitrogen and oxygen atoms in total. The highest BCUT2D eigenvalue weighted by Gasteiger charge is 2.11. The zero-order valence-electron chi connectivity index (χ0n) is 7.85. The van der Waals surface area contributed by atoms with E-state index in [2.05, 4.69) is 0 Å². The molecule has 0 fully saturated rings. The van der Waals surface area contributed by atoms with Crippen LogP contribution in [0.3, 0.4) is 0 Å². The smallest absolute Gasteiger partial charge is 0.0814 e. The summed E-state index contributed by atoms with van der Waals surface area (Å²) < 4.78 is 0. The first-order valence-corrected chi connectivity index (χ1v) is 4.65. The summed E-state index contributed by atoms with van der Waals surface area (Å²) in [7, 11) is 0. The van der Waals surface area contributed by atoms with Gasteiger partial charge in [0.25, 0.3) is 0 Å². The van der Waals surface area contributed by atoms with Gasteiger partial charge in [-0.15, -0.1) is 0 Å². The predicted molar refractivity (Wildman–Crippen MR) is 52.3 cm³/mol. The summed E-state index contributed by atoms with van der Waals surface area (Å²) in [5, 5.41) is 19.0. The largest absolute Gasteiger partial charge is 0.393 e. The summed E-state index contributed by atoms with van der Waals surface area (Å²) in [5.74, 6) is 0. The normalized spacial score (nSPS) is 15.3. The number of hydrogen-bond acceptors (Lipinski definition) is 2. The fraction of sp³-hybridized carbons (Fsp3) is 0.455. The van der Waals surface area contributed by atoms with Crippen LogP contribution in [0.1, 0.15) is 31.4 Å². The Morgan fingerprint density at radius 3 is 2.31 bits per heavy atom. The summed E-state index contributed by atoms with van der Waals surface area (Å²) >= 11 is 0. The molecule has 2 heteroatoms. The van der Waals surface area contributed by atoms with Crippen molar-refractivity contribution in [3.8, 4) is 0 Å². The molecule has 0 radical (unpaired) electrons. The summed E-state index contributed by atoms with van der Waals surface area (Å²) in [6, 6.07) is 9.42. The maximum atomic E-state index is 9.66. The lowest BCUT2D eigenvalue weighted by Gasteiger charge is -2.14. The van der Waals surface area contributed by atoms with E-state index in [9.17, 15) is 10.2 Å². The average Bonchev–Trinajstić information content (AvgIpc) is 2.19. The molecule has 0 amide bonds. The molecule has 1 aromatic rings. The Kier molecular flexibility index (Phi) is 3.93. The molecule has 0 unspecified atom stereocenters. The Labute approximate surface area is 78.8 Å². The second-order valence-electron chi connectivity index (χ2n) is 3.22. The monoisotopic (exact) mass is 180 g/mol. The first-order valence-electron chi connectivity index (χ1n) is 4.65.